The van der Waals surface area contributed by atoms with Crippen molar-refractivity contribution in [3.63, 3.8) is 0 Å². The third-order valence-corrected chi connectivity index (χ3v) is 6.66. The number of aliphatic hydroxyl groups is 1. The summed E-state index contributed by atoms with van der Waals surface area (Å²) in [6, 6.07) is 12.0. The van der Waals surface area contributed by atoms with Crippen LogP contribution in [0.3, 0.4) is 0 Å². The molecule has 8 nitrogen and oxygen atoms in total. The predicted molar refractivity (Wildman–Crippen MR) is 114 cm³/mol. The zero-order chi connectivity index (χ0) is 21.7. The number of carbonyl (C=O) groups is 1. The van der Waals surface area contributed by atoms with Gasteiger partial charge in [0.2, 0.25) is 15.9 Å². The molecule has 1 saturated heterocycles. The topological polar surface area (TPSA) is 99.2 Å². The highest BCUT2D eigenvalue weighted by Gasteiger charge is 2.31. The van der Waals surface area contributed by atoms with Crippen molar-refractivity contribution in [2.75, 3.05) is 44.8 Å². The van der Waals surface area contributed by atoms with Crippen molar-refractivity contribution >= 4 is 33.2 Å². The average Bonchev–Trinajstić information content (AvgIpc) is 2.77. The van der Waals surface area contributed by atoms with Crippen molar-refractivity contribution in [3.8, 4) is 5.75 Å². The molecule has 10 heteroatoms. The smallest absolute Gasteiger partial charge is 0.243 e. The van der Waals surface area contributed by atoms with E-state index in [2.05, 4.69) is 9.62 Å². The molecule has 2 aromatic rings. The molecular formula is C20H24ClN3O5S. The quantitative estimate of drug-likeness (QED) is 0.656. The summed E-state index contributed by atoms with van der Waals surface area (Å²) in [5.41, 5.74) is 0.939. The van der Waals surface area contributed by atoms with Gasteiger partial charge in [0.25, 0.3) is 0 Å². The van der Waals surface area contributed by atoms with Gasteiger partial charge in [-0.25, -0.2) is 8.42 Å². The lowest BCUT2D eigenvalue weighted by atomic mass is 10.2. The van der Waals surface area contributed by atoms with Gasteiger partial charge in [0.15, 0.2) is 0 Å². The number of anilines is 1. The van der Waals surface area contributed by atoms with Crippen molar-refractivity contribution in [3.05, 3.63) is 53.6 Å². The zero-order valence-electron chi connectivity index (χ0n) is 16.5. The lowest BCUT2D eigenvalue weighted by Crippen LogP contribution is -2.56. The van der Waals surface area contributed by atoms with Crippen molar-refractivity contribution in [1.29, 1.82) is 0 Å². The minimum Gasteiger partial charge on any atom is -0.495 e. The molecule has 1 aliphatic rings. The van der Waals surface area contributed by atoms with Crippen molar-refractivity contribution in [2.45, 2.75) is 10.9 Å². The average molecular weight is 454 g/mol. The number of benzene rings is 2. The fourth-order valence-corrected chi connectivity index (χ4v) is 4.62. The number of nitrogens with one attached hydrogen (secondary N) is 1. The molecule has 1 aliphatic heterocycles. The Morgan fingerprint density at radius 1 is 1.13 bits per heavy atom. The monoisotopic (exact) mass is 453 g/mol. The molecule has 1 fully saturated rings. The summed E-state index contributed by atoms with van der Waals surface area (Å²) in [4.78, 5) is 16.5. The minimum atomic E-state index is -3.98. The van der Waals surface area contributed by atoms with Gasteiger partial charge in [0.05, 0.1) is 24.3 Å². The Hall–Kier alpha value is -2.33. The van der Waals surface area contributed by atoms with Crippen LogP contribution in [0.15, 0.2) is 53.4 Å². The molecule has 1 amide bonds. The van der Waals surface area contributed by atoms with Gasteiger partial charge in [-0.2, -0.15) is 4.72 Å². The number of methoxy groups -OCH3 is 1. The van der Waals surface area contributed by atoms with Crippen LogP contribution in [0, 0.1) is 0 Å². The molecule has 1 atom stereocenters. The zero-order valence-corrected chi connectivity index (χ0v) is 18.1. The number of hydrogen-bond acceptors (Lipinski definition) is 6. The second kappa shape index (κ2) is 9.65. The number of sulfonamides is 1. The second-order valence-corrected chi connectivity index (χ2v) is 8.94. The molecule has 1 heterocycles. The summed E-state index contributed by atoms with van der Waals surface area (Å²) < 4.78 is 32.8. The van der Waals surface area contributed by atoms with E-state index in [1.807, 2.05) is 24.3 Å². The lowest BCUT2D eigenvalue weighted by Gasteiger charge is -2.37. The van der Waals surface area contributed by atoms with Crippen LogP contribution in [0.4, 0.5) is 5.69 Å². The molecule has 162 valence electrons. The normalized spacial score (nSPS) is 15.7. The van der Waals surface area contributed by atoms with E-state index in [-0.39, 0.29) is 4.90 Å². The van der Waals surface area contributed by atoms with E-state index >= 15 is 0 Å². The third-order valence-electron chi connectivity index (χ3n) is 4.92. The van der Waals surface area contributed by atoms with E-state index in [4.69, 9.17) is 16.3 Å². The van der Waals surface area contributed by atoms with E-state index in [0.717, 1.165) is 11.4 Å². The van der Waals surface area contributed by atoms with E-state index in [9.17, 15) is 18.3 Å². The molecule has 0 aliphatic carbocycles. The summed E-state index contributed by atoms with van der Waals surface area (Å²) in [6.45, 7) is 1.28. The number of amides is 1. The Morgan fingerprint density at radius 3 is 2.37 bits per heavy atom. The first-order valence-corrected chi connectivity index (χ1v) is 11.3. The maximum atomic E-state index is 12.8. The molecule has 0 saturated carbocycles. The Bertz CT molecular complexity index is 976. The fourth-order valence-electron chi connectivity index (χ4n) is 3.31. The van der Waals surface area contributed by atoms with Gasteiger partial charge in [0.1, 0.15) is 11.8 Å². The molecule has 0 aromatic heterocycles. The molecule has 0 unspecified atom stereocenters. The number of hydrogen-bond donors (Lipinski definition) is 2. The summed E-state index contributed by atoms with van der Waals surface area (Å²) in [6.07, 6.45) is 0. The number of piperazine rings is 1. The highest BCUT2D eigenvalue weighted by atomic mass is 35.5. The first kappa shape index (κ1) is 22.4. The van der Waals surface area contributed by atoms with Gasteiger partial charge >= 0.3 is 0 Å². The molecular weight excluding hydrogens is 430 g/mol. The molecule has 0 radical (unpaired) electrons. The lowest BCUT2D eigenvalue weighted by molar-refractivity contribution is -0.134. The van der Waals surface area contributed by atoms with Gasteiger partial charge in [-0.1, -0.05) is 23.7 Å². The van der Waals surface area contributed by atoms with Gasteiger partial charge in [-0.15, -0.1) is 0 Å². The van der Waals surface area contributed by atoms with Gasteiger partial charge < -0.3 is 19.6 Å². The number of halogens is 1. The van der Waals surface area contributed by atoms with Crippen LogP contribution in [0.25, 0.3) is 0 Å². The van der Waals surface area contributed by atoms with Gasteiger partial charge in [-0.05, 0) is 36.4 Å². The van der Waals surface area contributed by atoms with Crippen molar-refractivity contribution < 1.29 is 23.1 Å². The maximum absolute atomic E-state index is 12.8. The van der Waals surface area contributed by atoms with E-state index in [1.54, 1.807) is 12.0 Å². The number of ether oxygens (including phenoxy) is 1. The summed E-state index contributed by atoms with van der Waals surface area (Å²) in [5, 5.41) is 10.1. The SMILES string of the molecule is COc1ccccc1N1CCN(C(=O)[C@H](CO)NS(=O)(=O)c2ccc(Cl)cc2)CC1. The standard InChI is InChI=1S/C20H24ClN3O5S/c1-29-19-5-3-2-4-18(19)23-10-12-24(13-11-23)20(26)17(14-25)22-30(27,28)16-8-6-15(21)7-9-16/h2-9,17,22,25H,10-14H2,1H3/t17-/m0/s1. The largest absolute Gasteiger partial charge is 0.495 e. The molecule has 0 bridgehead atoms. The second-order valence-electron chi connectivity index (χ2n) is 6.79. The number of aliphatic hydroxyl groups excluding tert-OH is 1. The summed E-state index contributed by atoms with van der Waals surface area (Å²) in [5.74, 6) is 0.288. The Kier molecular flexibility index (Phi) is 7.19. The van der Waals surface area contributed by atoms with Crippen molar-refractivity contribution in [2.24, 2.45) is 0 Å². The number of nitrogens with zero attached hydrogens (tertiary/aromatic N) is 2. The summed E-state index contributed by atoms with van der Waals surface area (Å²) >= 11 is 5.79. The third kappa shape index (κ3) is 5.04. The van der Waals surface area contributed by atoms with Crippen LogP contribution >= 0.6 is 11.6 Å². The Labute approximate surface area is 181 Å². The minimum absolute atomic E-state index is 0.0286. The highest BCUT2D eigenvalue weighted by molar-refractivity contribution is 7.89. The Balaban J connectivity index is 1.65. The maximum Gasteiger partial charge on any atom is 0.243 e. The van der Waals surface area contributed by atoms with Crippen LogP contribution in [0.5, 0.6) is 5.75 Å². The fraction of sp³-hybridized carbons (Fsp3) is 0.350. The van der Waals surface area contributed by atoms with Gasteiger partial charge in [0, 0.05) is 31.2 Å². The number of para-hydroxylation sites is 2. The van der Waals surface area contributed by atoms with Crippen LogP contribution in [0.1, 0.15) is 0 Å². The molecule has 0 spiro atoms. The molecule has 2 N–H and O–H groups in total. The summed E-state index contributed by atoms with van der Waals surface area (Å²) in [7, 11) is -2.37. The van der Waals surface area contributed by atoms with E-state index in [0.29, 0.717) is 31.2 Å². The number of carbonyl (C=O) groups excluding carboxylic acids is 1. The van der Waals surface area contributed by atoms with E-state index < -0.39 is 28.6 Å². The van der Waals surface area contributed by atoms with Crippen LogP contribution in [-0.2, 0) is 14.8 Å². The molecule has 30 heavy (non-hydrogen) atoms. The number of rotatable bonds is 7. The predicted octanol–water partition coefficient (Wildman–Crippen LogP) is 1.34. The molecule has 2 aromatic carbocycles. The first-order valence-electron chi connectivity index (χ1n) is 9.41. The van der Waals surface area contributed by atoms with Crippen LogP contribution in [-0.4, -0.2) is 70.3 Å². The van der Waals surface area contributed by atoms with Gasteiger partial charge in [-0.3, -0.25) is 4.79 Å². The first-order chi connectivity index (χ1) is 14.4. The molecule has 3 rings (SSSR count). The Morgan fingerprint density at radius 2 is 1.77 bits per heavy atom. The highest BCUT2D eigenvalue weighted by Crippen LogP contribution is 2.28. The van der Waals surface area contributed by atoms with Crippen LogP contribution < -0.4 is 14.4 Å². The van der Waals surface area contributed by atoms with E-state index in [1.165, 1.54) is 24.3 Å². The van der Waals surface area contributed by atoms with Crippen molar-refractivity contribution in [1.82, 2.24) is 9.62 Å². The van der Waals surface area contributed by atoms with Crippen LogP contribution in [0.2, 0.25) is 5.02 Å².